The van der Waals surface area contributed by atoms with Gasteiger partial charge >= 0.3 is 5.97 Å². The Morgan fingerprint density at radius 3 is 2.54 bits per heavy atom. The second-order valence-electron chi connectivity index (χ2n) is 7.94. The first kappa shape index (κ1) is 24.2. The molecule has 0 aliphatic heterocycles. The quantitative estimate of drug-likeness (QED) is 0.136. The van der Waals surface area contributed by atoms with Crippen LogP contribution in [0.3, 0.4) is 0 Å². The number of nitrogens with one attached hydrogen (secondary N) is 1. The molecule has 0 saturated heterocycles. The van der Waals surface area contributed by atoms with Crippen LogP contribution in [0.5, 0.6) is 11.5 Å². The highest BCUT2D eigenvalue weighted by molar-refractivity contribution is 9.10. The van der Waals surface area contributed by atoms with Crippen molar-refractivity contribution in [2.24, 2.45) is 5.10 Å². The van der Waals surface area contributed by atoms with E-state index in [1.54, 1.807) is 43.3 Å². The van der Waals surface area contributed by atoms with E-state index in [4.69, 9.17) is 9.47 Å². The summed E-state index contributed by atoms with van der Waals surface area (Å²) in [5, 5.41) is 6.15. The molecule has 176 valence electrons. The van der Waals surface area contributed by atoms with Gasteiger partial charge in [-0.15, -0.1) is 0 Å². The lowest BCUT2D eigenvalue weighted by Gasteiger charge is -2.13. The number of hydrogen-bond donors (Lipinski definition) is 1. The molecule has 0 radical (unpaired) electrons. The van der Waals surface area contributed by atoms with Gasteiger partial charge in [-0.1, -0.05) is 64.0 Å². The minimum atomic E-state index is -0.769. The zero-order valence-corrected chi connectivity index (χ0v) is 20.8. The Balaban J connectivity index is 1.41. The first-order chi connectivity index (χ1) is 16.9. The fourth-order valence-corrected chi connectivity index (χ4v) is 3.78. The van der Waals surface area contributed by atoms with Gasteiger partial charge in [-0.05, 0) is 67.1 Å². The minimum Gasteiger partial charge on any atom is -0.481 e. The van der Waals surface area contributed by atoms with Gasteiger partial charge in [0.25, 0.3) is 5.91 Å². The number of rotatable bonds is 7. The van der Waals surface area contributed by atoms with Crippen molar-refractivity contribution in [3.8, 4) is 11.5 Å². The van der Waals surface area contributed by atoms with E-state index >= 15 is 0 Å². The summed E-state index contributed by atoms with van der Waals surface area (Å²) in [6.07, 6.45) is 0.652. The molecule has 0 bridgehead atoms. The number of esters is 1. The van der Waals surface area contributed by atoms with E-state index in [0.717, 1.165) is 20.8 Å². The molecule has 4 rings (SSSR count). The van der Waals surface area contributed by atoms with Crippen LogP contribution < -0.4 is 14.9 Å². The number of carbonyl (C=O) groups excluding carboxylic acids is 2. The first-order valence-corrected chi connectivity index (χ1v) is 11.7. The zero-order chi connectivity index (χ0) is 24.8. The largest absolute Gasteiger partial charge is 0.481 e. The fraction of sp³-hybridized carbons (Fsp3) is 0.107. The smallest absolute Gasteiger partial charge is 0.343 e. The van der Waals surface area contributed by atoms with Gasteiger partial charge in [0.15, 0.2) is 6.10 Å². The number of benzene rings is 4. The number of aryl methyl sites for hydroxylation is 1. The Morgan fingerprint density at radius 1 is 0.943 bits per heavy atom. The lowest BCUT2D eigenvalue weighted by atomic mass is 10.1. The number of hydrazone groups is 1. The molecule has 0 saturated carbocycles. The summed E-state index contributed by atoms with van der Waals surface area (Å²) in [7, 11) is 0. The molecule has 1 amide bonds. The van der Waals surface area contributed by atoms with E-state index in [2.05, 4.69) is 26.5 Å². The number of ether oxygens (including phenoxy) is 2. The van der Waals surface area contributed by atoms with E-state index in [9.17, 15) is 9.59 Å². The predicted octanol–water partition coefficient (Wildman–Crippen LogP) is 6.05. The highest BCUT2D eigenvalue weighted by Gasteiger charge is 2.15. The van der Waals surface area contributed by atoms with E-state index in [-0.39, 0.29) is 0 Å². The lowest BCUT2D eigenvalue weighted by Crippen LogP contribution is -2.33. The Labute approximate surface area is 211 Å². The van der Waals surface area contributed by atoms with E-state index in [1.807, 2.05) is 55.5 Å². The van der Waals surface area contributed by atoms with Crippen LogP contribution in [0.1, 0.15) is 28.4 Å². The molecule has 1 atom stereocenters. The summed E-state index contributed by atoms with van der Waals surface area (Å²) in [5.74, 6) is 0.0145. The second-order valence-corrected chi connectivity index (χ2v) is 8.86. The van der Waals surface area contributed by atoms with Crippen molar-refractivity contribution in [2.45, 2.75) is 20.0 Å². The average Bonchev–Trinajstić information content (AvgIpc) is 2.85. The number of fused-ring (bicyclic) bond motifs is 1. The SMILES string of the molecule is Cc1cccc(C(=O)Oc2ccc(Br)cc2C=NNC(=O)C(C)Oc2ccc3ccccc3c2)c1. The van der Waals surface area contributed by atoms with Crippen LogP contribution in [0.4, 0.5) is 0 Å². The summed E-state index contributed by atoms with van der Waals surface area (Å²) in [6.45, 7) is 3.55. The van der Waals surface area contributed by atoms with Crippen LogP contribution in [0.2, 0.25) is 0 Å². The minimum absolute atomic E-state index is 0.318. The Morgan fingerprint density at radius 2 is 1.74 bits per heavy atom. The molecular formula is C28H23BrN2O4. The molecule has 0 heterocycles. The fourth-order valence-electron chi connectivity index (χ4n) is 3.40. The molecule has 1 unspecified atom stereocenters. The molecular weight excluding hydrogens is 508 g/mol. The Hall–Kier alpha value is -3.97. The maximum atomic E-state index is 12.6. The summed E-state index contributed by atoms with van der Waals surface area (Å²) >= 11 is 3.41. The van der Waals surface area contributed by atoms with Gasteiger partial charge in [-0.3, -0.25) is 4.79 Å². The number of amides is 1. The zero-order valence-electron chi connectivity index (χ0n) is 19.2. The standard InChI is InChI=1S/C28H23BrN2O4/c1-18-6-5-9-22(14-18)28(33)35-26-13-11-24(29)15-23(26)17-30-31-27(32)19(2)34-25-12-10-20-7-3-4-8-21(20)16-25/h3-17,19H,1-2H3,(H,31,32). The normalized spacial score (nSPS) is 11.9. The summed E-state index contributed by atoms with van der Waals surface area (Å²) in [6, 6.07) is 25.9. The first-order valence-electron chi connectivity index (χ1n) is 11.0. The number of carbonyl (C=O) groups is 2. The third-order valence-corrected chi connectivity index (χ3v) is 5.70. The molecule has 0 spiro atoms. The second kappa shape index (κ2) is 11.0. The third-order valence-electron chi connectivity index (χ3n) is 5.21. The summed E-state index contributed by atoms with van der Waals surface area (Å²) < 4.78 is 12.1. The monoisotopic (exact) mass is 530 g/mol. The molecule has 1 N–H and O–H groups in total. The van der Waals surface area contributed by atoms with E-state index in [1.165, 1.54) is 6.21 Å². The van der Waals surface area contributed by atoms with E-state index < -0.39 is 18.0 Å². The van der Waals surface area contributed by atoms with Crippen molar-refractivity contribution in [1.29, 1.82) is 0 Å². The third kappa shape index (κ3) is 6.33. The summed E-state index contributed by atoms with van der Waals surface area (Å²) in [4.78, 5) is 25.1. The topological polar surface area (TPSA) is 77.0 Å². The number of hydrogen-bond acceptors (Lipinski definition) is 5. The van der Waals surface area contributed by atoms with Crippen LogP contribution in [0, 0.1) is 6.92 Å². The van der Waals surface area contributed by atoms with Crippen molar-refractivity contribution in [3.05, 3.63) is 106 Å². The van der Waals surface area contributed by atoms with Crippen molar-refractivity contribution in [3.63, 3.8) is 0 Å². The highest BCUT2D eigenvalue weighted by atomic mass is 79.9. The van der Waals surface area contributed by atoms with Crippen molar-refractivity contribution < 1.29 is 19.1 Å². The molecule has 4 aromatic carbocycles. The molecule has 35 heavy (non-hydrogen) atoms. The van der Waals surface area contributed by atoms with Gasteiger partial charge < -0.3 is 9.47 Å². The van der Waals surface area contributed by atoms with Crippen molar-refractivity contribution >= 4 is 44.8 Å². The summed E-state index contributed by atoms with van der Waals surface area (Å²) in [5.41, 5.74) is 4.40. The Kier molecular flexibility index (Phi) is 7.57. The average molecular weight is 531 g/mol. The van der Waals surface area contributed by atoms with Gasteiger partial charge in [0.2, 0.25) is 0 Å². The molecule has 0 aliphatic carbocycles. The van der Waals surface area contributed by atoms with Crippen LogP contribution in [-0.4, -0.2) is 24.2 Å². The molecule has 0 fully saturated rings. The van der Waals surface area contributed by atoms with Gasteiger partial charge in [0, 0.05) is 10.0 Å². The van der Waals surface area contributed by atoms with Crippen LogP contribution in [0.25, 0.3) is 10.8 Å². The molecule has 7 heteroatoms. The van der Waals surface area contributed by atoms with Gasteiger partial charge in [0.1, 0.15) is 11.5 Å². The lowest BCUT2D eigenvalue weighted by molar-refractivity contribution is -0.127. The maximum Gasteiger partial charge on any atom is 0.343 e. The van der Waals surface area contributed by atoms with E-state index in [0.29, 0.717) is 22.6 Å². The Bertz CT molecular complexity index is 1420. The molecule has 0 aliphatic rings. The van der Waals surface area contributed by atoms with Crippen LogP contribution >= 0.6 is 15.9 Å². The molecule has 4 aromatic rings. The highest BCUT2D eigenvalue weighted by Crippen LogP contribution is 2.24. The van der Waals surface area contributed by atoms with Gasteiger partial charge in [-0.25, -0.2) is 10.2 Å². The van der Waals surface area contributed by atoms with Gasteiger partial charge in [-0.2, -0.15) is 5.10 Å². The van der Waals surface area contributed by atoms with Crippen molar-refractivity contribution in [1.82, 2.24) is 5.43 Å². The number of halogens is 1. The molecule has 0 aromatic heterocycles. The van der Waals surface area contributed by atoms with Crippen molar-refractivity contribution in [2.75, 3.05) is 0 Å². The van der Waals surface area contributed by atoms with Gasteiger partial charge in [0.05, 0.1) is 11.8 Å². The predicted molar refractivity (Wildman–Crippen MR) is 140 cm³/mol. The number of nitrogens with zero attached hydrogens (tertiary/aromatic N) is 1. The maximum absolute atomic E-state index is 12.6. The van der Waals surface area contributed by atoms with Crippen LogP contribution in [-0.2, 0) is 4.79 Å². The molecule has 6 nitrogen and oxygen atoms in total. The van der Waals surface area contributed by atoms with Crippen LogP contribution in [0.15, 0.2) is 94.5 Å².